The molecule has 0 radical (unpaired) electrons. The summed E-state index contributed by atoms with van der Waals surface area (Å²) in [6.45, 7) is 2.08. The number of aromatic hydroxyl groups is 1. The molecular formula is C52H53BrN4O12. The van der Waals surface area contributed by atoms with Crippen molar-refractivity contribution in [1.82, 2.24) is 18.9 Å². The largest absolute Gasteiger partial charge is 0.504 e. The number of ether oxygens (including phenoxy) is 7. The van der Waals surface area contributed by atoms with Crippen LogP contribution in [0.1, 0.15) is 57.8 Å². The lowest BCUT2D eigenvalue weighted by Crippen LogP contribution is -2.50. The number of hydrogen-bond donors (Lipinski definition) is 1. The number of fused-ring (bicyclic) bond motifs is 8. The van der Waals surface area contributed by atoms with Gasteiger partial charge in [0.15, 0.2) is 40.8 Å². The van der Waals surface area contributed by atoms with E-state index in [9.17, 15) is 24.3 Å². The minimum Gasteiger partial charge on any atom is -0.504 e. The number of hydrogen-bond acceptors (Lipinski definition) is 12. The highest BCUT2D eigenvalue weighted by Crippen LogP contribution is 2.47. The molecular weight excluding hydrogens is 952 g/mol. The zero-order valence-electron chi connectivity index (χ0n) is 38.7. The number of benzene rings is 4. The van der Waals surface area contributed by atoms with Crippen molar-refractivity contribution in [2.45, 2.75) is 36.9 Å². The van der Waals surface area contributed by atoms with Crippen molar-refractivity contribution in [3.63, 3.8) is 0 Å². The van der Waals surface area contributed by atoms with Gasteiger partial charge < -0.3 is 57.2 Å². The van der Waals surface area contributed by atoms with E-state index in [1.54, 1.807) is 30.3 Å². The minimum atomic E-state index is -0.497. The molecule has 17 heteroatoms. The van der Waals surface area contributed by atoms with E-state index >= 15 is 0 Å². The number of carbonyl (C=O) groups excluding carboxylic acids is 4. The van der Waals surface area contributed by atoms with E-state index in [1.165, 1.54) is 34.5 Å². The van der Waals surface area contributed by atoms with Gasteiger partial charge >= 0.3 is 11.9 Å². The third-order valence-electron chi connectivity index (χ3n) is 12.8. The quantitative estimate of drug-likeness (QED) is 0.116. The third-order valence-corrected chi connectivity index (χ3v) is 13.2. The van der Waals surface area contributed by atoms with Crippen LogP contribution in [0.25, 0.3) is 11.4 Å². The summed E-state index contributed by atoms with van der Waals surface area (Å²) in [6, 6.07) is 34.0. The van der Waals surface area contributed by atoms with Crippen LogP contribution in [0.15, 0.2) is 122 Å². The van der Waals surface area contributed by atoms with Crippen LogP contribution in [0.4, 0.5) is 0 Å². The fourth-order valence-electron chi connectivity index (χ4n) is 9.14. The Morgan fingerprint density at radius 2 is 1.04 bits per heavy atom. The molecule has 0 bridgehead atoms. The Morgan fingerprint density at radius 3 is 1.49 bits per heavy atom. The van der Waals surface area contributed by atoms with Crippen molar-refractivity contribution in [2.24, 2.45) is 0 Å². The summed E-state index contributed by atoms with van der Waals surface area (Å²) in [7, 11) is 5.61. The fourth-order valence-corrected chi connectivity index (χ4v) is 9.37. The lowest BCUT2D eigenvalue weighted by atomic mass is 9.86. The summed E-state index contributed by atoms with van der Waals surface area (Å²) in [5.41, 5.74) is 4.45. The van der Waals surface area contributed by atoms with Gasteiger partial charge in [-0.2, -0.15) is 0 Å². The molecule has 6 aromatic rings. The molecule has 0 atom stereocenters. The van der Waals surface area contributed by atoms with Crippen LogP contribution < -0.4 is 23.7 Å². The zero-order chi connectivity index (χ0) is 48.7. The molecule has 10 rings (SSSR count). The first-order valence-corrected chi connectivity index (χ1v) is 23.5. The molecule has 4 aliphatic rings. The van der Waals surface area contributed by atoms with Crippen molar-refractivity contribution in [1.29, 1.82) is 0 Å². The second-order valence-electron chi connectivity index (χ2n) is 16.6. The number of phenols is 1. The van der Waals surface area contributed by atoms with Crippen molar-refractivity contribution in [2.75, 3.05) is 66.6 Å². The molecule has 4 aromatic carbocycles. The predicted octanol–water partition coefficient (Wildman–Crippen LogP) is 7.83. The van der Waals surface area contributed by atoms with Gasteiger partial charge in [-0.1, -0.05) is 40.2 Å². The number of carbonyl (C=O) groups is 4. The molecule has 0 unspecified atom stereocenters. The topological polar surface area (TPSA) is 169 Å². The zero-order valence-corrected chi connectivity index (χ0v) is 40.3. The summed E-state index contributed by atoms with van der Waals surface area (Å²) in [4.78, 5) is 51.2. The molecule has 4 aliphatic heterocycles. The molecule has 360 valence electrons. The molecule has 6 heterocycles. The highest BCUT2D eigenvalue weighted by atomic mass is 79.9. The average Bonchev–Trinajstić information content (AvgIpc) is 4.12. The first kappa shape index (κ1) is 48.1. The Balaban J connectivity index is 0.000000168. The fraction of sp³-hybridized carbons (Fsp3) is 0.308. The van der Waals surface area contributed by atoms with Crippen molar-refractivity contribution >= 4 is 39.7 Å². The molecule has 2 fully saturated rings. The highest BCUT2D eigenvalue weighted by molar-refractivity contribution is 9.09. The van der Waals surface area contributed by atoms with E-state index in [-0.39, 0.29) is 35.5 Å². The highest BCUT2D eigenvalue weighted by Gasteiger charge is 2.46. The monoisotopic (exact) mass is 1000 g/mol. The van der Waals surface area contributed by atoms with Crippen molar-refractivity contribution in [3.8, 4) is 45.9 Å². The second kappa shape index (κ2) is 20.9. The van der Waals surface area contributed by atoms with Crippen molar-refractivity contribution in [3.05, 3.63) is 144 Å². The normalized spacial score (nSPS) is 15.4. The summed E-state index contributed by atoms with van der Waals surface area (Å²) in [5, 5.41) is 10.1. The van der Waals surface area contributed by atoms with E-state index in [0.717, 1.165) is 34.3 Å². The first-order chi connectivity index (χ1) is 33.5. The maximum absolute atomic E-state index is 13.3. The smallest absolute Gasteiger partial charge is 0.343 e. The molecule has 2 amide bonds. The van der Waals surface area contributed by atoms with Gasteiger partial charge in [-0.3, -0.25) is 14.4 Å². The maximum atomic E-state index is 13.3. The predicted molar refractivity (Wildman–Crippen MR) is 257 cm³/mol. The van der Waals surface area contributed by atoms with Gasteiger partial charge in [0.1, 0.15) is 16.8 Å². The number of esters is 2. The average molecular weight is 1010 g/mol. The summed E-state index contributed by atoms with van der Waals surface area (Å²) in [5.74, 6) is 1.93. The number of alkyl halides is 1. The minimum absolute atomic E-state index is 0.0247. The number of para-hydroxylation sites is 4. The standard InChI is InChI=1S/C26H26N2O6.C23H22N2O4.C3H5BrO2/c1-31-22-16-18(9-10-21(22)33-17-24(29)32-2)25(30)27-14-11-26(12-15-27)23-8-5-13-28(23)19-6-3-4-7-20(19)34-26;1-28-20-15-16(8-9-18(20)26)22(27)24-13-10-23(11-14-24)21-7-4-12-25(21)17-5-2-3-6-19(17)29-23;1-6-3(5)2-4/h3-10,13,16H,11-12,14-15,17H2,1-2H3;2-9,12,15,26H,10-11,13-14H2,1H3;2H2,1H3. The Kier molecular flexibility index (Phi) is 14.5. The Morgan fingerprint density at radius 1 is 0.580 bits per heavy atom. The Labute approximate surface area is 407 Å². The number of methoxy groups -OCH3 is 4. The second-order valence-corrected chi connectivity index (χ2v) is 17.1. The molecule has 2 spiro atoms. The van der Waals surface area contributed by atoms with E-state index in [0.29, 0.717) is 80.2 Å². The van der Waals surface area contributed by atoms with Gasteiger partial charge in [0, 0.05) is 75.4 Å². The van der Waals surface area contributed by atoms with Gasteiger partial charge in [0.25, 0.3) is 11.8 Å². The SMILES string of the molecule is COC(=O)CBr.COC(=O)COc1ccc(C(=O)N2CCC3(CC2)Oc2ccccc2-n2cccc23)cc1OC.COc1cc(C(=O)N2CCC3(CC2)Oc2ccccc2-n2cccc23)ccc1O. The van der Waals surface area contributed by atoms with E-state index in [1.807, 2.05) is 58.3 Å². The molecule has 69 heavy (non-hydrogen) atoms. The van der Waals surface area contributed by atoms with E-state index in [4.69, 9.17) is 23.7 Å². The van der Waals surface area contributed by atoms with Gasteiger partial charge in [0.05, 0.1) is 51.2 Å². The van der Waals surface area contributed by atoms with E-state index in [2.05, 4.69) is 71.2 Å². The van der Waals surface area contributed by atoms with Crippen LogP contribution in [-0.2, 0) is 30.3 Å². The summed E-state index contributed by atoms with van der Waals surface area (Å²) >= 11 is 2.90. The van der Waals surface area contributed by atoms with Gasteiger partial charge in [-0.25, -0.2) is 4.79 Å². The lowest BCUT2D eigenvalue weighted by molar-refractivity contribution is -0.143. The molecule has 2 aromatic heterocycles. The number of halogens is 1. The Bertz CT molecular complexity index is 2820. The molecule has 0 aliphatic carbocycles. The molecule has 2 saturated heterocycles. The van der Waals surface area contributed by atoms with Gasteiger partial charge in [-0.15, -0.1) is 0 Å². The number of rotatable bonds is 8. The molecule has 16 nitrogen and oxygen atoms in total. The number of piperidine rings is 2. The number of aromatic nitrogens is 2. The van der Waals surface area contributed by atoms with Crippen LogP contribution in [0, 0.1) is 0 Å². The first-order valence-electron chi connectivity index (χ1n) is 22.4. The maximum Gasteiger partial charge on any atom is 0.343 e. The lowest BCUT2D eigenvalue weighted by Gasteiger charge is -2.45. The van der Waals surface area contributed by atoms with Crippen LogP contribution in [0.3, 0.4) is 0 Å². The molecule has 0 saturated carbocycles. The summed E-state index contributed by atoms with van der Waals surface area (Å²) < 4.78 is 42.2. The van der Waals surface area contributed by atoms with Gasteiger partial charge in [0.2, 0.25) is 0 Å². The molecule has 1 N–H and O–H groups in total. The van der Waals surface area contributed by atoms with Gasteiger partial charge in [-0.05, 0) is 84.9 Å². The van der Waals surface area contributed by atoms with Crippen LogP contribution in [0.5, 0.6) is 34.5 Å². The van der Waals surface area contributed by atoms with Crippen LogP contribution >= 0.6 is 15.9 Å². The van der Waals surface area contributed by atoms with Crippen LogP contribution in [-0.4, -0.2) is 114 Å². The van der Waals surface area contributed by atoms with Crippen molar-refractivity contribution < 1.29 is 57.4 Å². The van der Waals surface area contributed by atoms with Crippen LogP contribution in [0.2, 0.25) is 0 Å². The summed E-state index contributed by atoms with van der Waals surface area (Å²) in [6.07, 6.45) is 6.94. The Hall–Kier alpha value is -7.40. The number of amides is 2. The number of likely N-dealkylation sites (tertiary alicyclic amines) is 2. The number of nitrogens with zero attached hydrogens (tertiary/aromatic N) is 4. The van der Waals surface area contributed by atoms with E-state index < -0.39 is 17.2 Å². The number of phenolic OH excluding ortho intramolecular Hbond substituents is 1. The third kappa shape index (κ3) is 9.82.